The number of aliphatic hydroxyl groups is 4. The van der Waals surface area contributed by atoms with E-state index in [0.29, 0.717) is 0 Å². The van der Waals surface area contributed by atoms with Crippen LogP contribution >= 0.6 is 0 Å². The van der Waals surface area contributed by atoms with Crippen molar-refractivity contribution in [3.63, 3.8) is 0 Å². The van der Waals surface area contributed by atoms with Crippen LogP contribution in [0.15, 0.2) is 0 Å². The van der Waals surface area contributed by atoms with Gasteiger partial charge in [-0.2, -0.15) is 0 Å². The minimum atomic E-state index is -3.28. The van der Waals surface area contributed by atoms with E-state index >= 15 is 0 Å². The lowest BCUT2D eigenvalue weighted by atomic mass is 10.0. The highest BCUT2D eigenvalue weighted by atomic mass is 19.2. The summed E-state index contributed by atoms with van der Waals surface area (Å²) in [5, 5.41) is 34.3. The Morgan fingerprint density at radius 1 is 1.50 bits per heavy atom. The first-order chi connectivity index (χ1) is 5.45. The van der Waals surface area contributed by atoms with E-state index in [2.05, 4.69) is 0 Å². The van der Waals surface area contributed by atoms with Crippen LogP contribution in [-0.2, 0) is 4.79 Å². The second kappa shape index (κ2) is 4.46. The van der Waals surface area contributed by atoms with Gasteiger partial charge in [-0.3, -0.25) is 0 Å². The summed E-state index contributed by atoms with van der Waals surface area (Å²) in [6.07, 6.45) is -4.15. The van der Waals surface area contributed by atoms with Crippen LogP contribution in [-0.4, -0.2) is 51.4 Å². The largest absolute Gasteiger partial charge is 0.390 e. The first kappa shape index (κ1) is 11.4. The molecule has 0 bridgehead atoms. The third-order valence-corrected chi connectivity index (χ3v) is 1.38. The third kappa shape index (κ3) is 2.82. The van der Waals surface area contributed by atoms with Crippen LogP contribution in [0.2, 0.25) is 0 Å². The van der Waals surface area contributed by atoms with E-state index in [1.807, 2.05) is 0 Å². The maximum absolute atomic E-state index is 12.6. The van der Waals surface area contributed by atoms with Crippen molar-refractivity contribution in [2.45, 2.75) is 24.5 Å². The fourth-order valence-electron chi connectivity index (χ4n) is 0.616. The van der Waals surface area contributed by atoms with Gasteiger partial charge in [-0.25, -0.2) is 4.39 Å². The fraction of sp³-hybridized carbons (Fsp3) is 0.833. The van der Waals surface area contributed by atoms with Gasteiger partial charge in [-0.15, -0.1) is 0 Å². The number of aliphatic hydroxyl groups excluding tert-OH is 3. The molecule has 0 aliphatic carbocycles. The minimum absolute atomic E-state index is 0.265. The Morgan fingerprint density at radius 2 is 2.00 bits per heavy atom. The van der Waals surface area contributed by atoms with Crippen LogP contribution < -0.4 is 0 Å². The third-order valence-electron chi connectivity index (χ3n) is 1.38. The highest BCUT2D eigenvalue weighted by Gasteiger charge is 2.39. The predicted octanol–water partition coefficient (Wildman–Crippen LogP) is -2.05. The molecule has 0 saturated carbocycles. The Balaban J connectivity index is 4.16. The molecule has 0 heterocycles. The first-order valence-electron chi connectivity index (χ1n) is 3.27. The van der Waals surface area contributed by atoms with E-state index in [-0.39, 0.29) is 6.29 Å². The van der Waals surface area contributed by atoms with E-state index in [9.17, 15) is 9.18 Å². The zero-order valence-corrected chi connectivity index (χ0v) is 6.22. The molecule has 0 radical (unpaired) electrons. The van der Waals surface area contributed by atoms with Crippen LogP contribution in [0.5, 0.6) is 0 Å². The molecule has 0 aliphatic heterocycles. The van der Waals surface area contributed by atoms with Gasteiger partial charge in [0.2, 0.25) is 0 Å². The van der Waals surface area contributed by atoms with Gasteiger partial charge in [0.1, 0.15) is 19.0 Å². The quantitative estimate of drug-likeness (QED) is 0.367. The topological polar surface area (TPSA) is 98.0 Å². The molecule has 0 aliphatic rings. The van der Waals surface area contributed by atoms with Crippen LogP contribution in [0.3, 0.4) is 0 Å². The van der Waals surface area contributed by atoms with Gasteiger partial charge in [-0.1, -0.05) is 0 Å². The summed E-state index contributed by atoms with van der Waals surface area (Å²) < 4.78 is 12.6. The molecular weight excluding hydrogens is 171 g/mol. The van der Waals surface area contributed by atoms with Crippen molar-refractivity contribution in [1.82, 2.24) is 0 Å². The molecule has 72 valence electrons. The van der Waals surface area contributed by atoms with Crippen molar-refractivity contribution in [3.8, 4) is 0 Å². The van der Waals surface area contributed by atoms with Gasteiger partial charge >= 0.3 is 0 Å². The van der Waals surface area contributed by atoms with Gasteiger partial charge in [0.25, 0.3) is 5.85 Å². The summed E-state index contributed by atoms with van der Waals surface area (Å²) >= 11 is 0. The van der Waals surface area contributed by atoms with E-state index < -0.39 is 31.1 Å². The van der Waals surface area contributed by atoms with Gasteiger partial charge in [-0.05, 0) is 0 Å². The number of carbonyl (C=O) groups excluding carboxylic acids is 1. The summed E-state index contributed by atoms with van der Waals surface area (Å²) in [6.45, 7) is -1.34. The van der Waals surface area contributed by atoms with Crippen LogP contribution in [0.1, 0.15) is 6.42 Å². The lowest BCUT2D eigenvalue weighted by Crippen LogP contribution is -2.48. The second-order valence-corrected chi connectivity index (χ2v) is 2.39. The van der Waals surface area contributed by atoms with Crippen molar-refractivity contribution >= 4 is 6.29 Å². The van der Waals surface area contributed by atoms with Crippen LogP contribution in [0.25, 0.3) is 0 Å². The maximum Gasteiger partial charge on any atom is 0.258 e. The van der Waals surface area contributed by atoms with Crippen molar-refractivity contribution in [2.75, 3.05) is 6.61 Å². The Hall–Kier alpha value is -0.560. The number of halogens is 1. The standard InChI is InChI=1S/C6H11FO5/c7-6(12,3-9)5(11)4(10)1-2-8/h2,4-5,9-12H,1,3H2/t4-,5+,6-/m1/s1. The molecule has 6 heteroatoms. The monoisotopic (exact) mass is 182 g/mol. The lowest BCUT2D eigenvalue weighted by Gasteiger charge is -2.25. The number of carbonyl (C=O) groups is 1. The molecule has 0 saturated heterocycles. The number of hydrogen-bond donors (Lipinski definition) is 4. The molecule has 5 nitrogen and oxygen atoms in total. The van der Waals surface area contributed by atoms with E-state index in [1.165, 1.54) is 0 Å². The van der Waals surface area contributed by atoms with E-state index in [4.69, 9.17) is 20.4 Å². The molecule has 3 atom stereocenters. The molecule has 12 heavy (non-hydrogen) atoms. The van der Waals surface area contributed by atoms with Crippen LogP contribution in [0, 0.1) is 0 Å². The zero-order chi connectivity index (χ0) is 9.78. The normalized spacial score (nSPS) is 21.1. The molecule has 0 amide bonds. The lowest BCUT2D eigenvalue weighted by molar-refractivity contribution is -0.217. The zero-order valence-electron chi connectivity index (χ0n) is 6.22. The summed E-state index contributed by atoms with van der Waals surface area (Å²) in [5.74, 6) is -3.28. The Bertz CT molecular complexity index is 149. The fourth-order valence-corrected chi connectivity index (χ4v) is 0.616. The molecule has 0 aromatic rings. The average molecular weight is 182 g/mol. The molecule has 0 rings (SSSR count). The van der Waals surface area contributed by atoms with Crippen LogP contribution in [0.4, 0.5) is 4.39 Å². The Kier molecular flexibility index (Phi) is 4.25. The molecule has 0 fully saturated rings. The average Bonchev–Trinajstić information content (AvgIpc) is 2.03. The summed E-state index contributed by atoms with van der Waals surface area (Å²) in [4.78, 5) is 9.80. The summed E-state index contributed by atoms with van der Waals surface area (Å²) in [7, 11) is 0. The Morgan fingerprint density at radius 3 is 2.33 bits per heavy atom. The van der Waals surface area contributed by atoms with Gasteiger partial charge in [0.05, 0.1) is 6.10 Å². The molecule has 0 unspecified atom stereocenters. The number of aldehydes is 1. The SMILES string of the molecule is O=CC[C@@H](O)[C@H](O)[C@@](O)(F)CO. The summed E-state index contributed by atoms with van der Waals surface area (Å²) in [5.41, 5.74) is 0. The highest BCUT2D eigenvalue weighted by molar-refractivity contribution is 5.50. The van der Waals surface area contributed by atoms with Gasteiger partial charge in [0, 0.05) is 6.42 Å². The number of hydrogen-bond acceptors (Lipinski definition) is 5. The second-order valence-electron chi connectivity index (χ2n) is 2.39. The van der Waals surface area contributed by atoms with Crippen molar-refractivity contribution in [2.24, 2.45) is 0 Å². The van der Waals surface area contributed by atoms with Gasteiger partial charge in [0.15, 0.2) is 0 Å². The molecular formula is C6H11FO5. The maximum atomic E-state index is 12.6. The van der Waals surface area contributed by atoms with E-state index in [0.717, 1.165) is 0 Å². The molecule has 0 spiro atoms. The summed E-state index contributed by atoms with van der Waals surface area (Å²) in [6, 6.07) is 0. The number of rotatable bonds is 5. The van der Waals surface area contributed by atoms with Gasteiger partial charge < -0.3 is 25.2 Å². The minimum Gasteiger partial charge on any atom is -0.390 e. The number of alkyl halides is 1. The van der Waals surface area contributed by atoms with E-state index in [1.54, 1.807) is 0 Å². The highest BCUT2D eigenvalue weighted by Crippen LogP contribution is 2.15. The molecule has 0 aromatic carbocycles. The van der Waals surface area contributed by atoms with Crippen molar-refractivity contribution < 1.29 is 29.6 Å². The first-order valence-corrected chi connectivity index (χ1v) is 3.27. The molecule has 0 aromatic heterocycles. The smallest absolute Gasteiger partial charge is 0.258 e. The van der Waals surface area contributed by atoms with Crippen molar-refractivity contribution in [1.29, 1.82) is 0 Å². The predicted molar refractivity (Wildman–Crippen MR) is 35.8 cm³/mol. The Labute approximate surface area is 68.1 Å². The van der Waals surface area contributed by atoms with Crippen molar-refractivity contribution in [3.05, 3.63) is 0 Å². The molecule has 4 N–H and O–H groups in total.